The Kier molecular flexibility index (Phi) is 8.77. The highest BCUT2D eigenvalue weighted by Gasteiger charge is 2.30. The third kappa shape index (κ3) is 5.77. The first-order valence-corrected chi connectivity index (χ1v) is 13.2. The lowest BCUT2D eigenvalue weighted by molar-refractivity contribution is -0.149. The molecule has 0 N–H and O–H groups in total. The van der Waals surface area contributed by atoms with Crippen LogP contribution in [0.5, 0.6) is 17.2 Å². The number of ether oxygens (including phenoxy) is 4. The van der Waals surface area contributed by atoms with Crippen LogP contribution in [0.1, 0.15) is 49.8 Å². The molecule has 3 aromatic carbocycles. The fourth-order valence-electron chi connectivity index (χ4n) is 4.62. The zero-order valence-corrected chi connectivity index (χ0v) is 22.5. The van der Waals surface area contributed by atoms with Crippen molar-refractivity contribution in [2.75, 3.05) is 21.3 Å². The van der Waals surface area contributed by atoms with Gasteiger partial charge in [0.2, 0.25) is 5.75 Å². The maximum atomic E-state index is 13.5. The van der Waals surface area contributed by atoms with E-state index in [4.69, 9.17) is 18.9 Å². The highest BCUT2D eigenvalue weighted by molar-refractivity contribution is 7.99. The lowest BCUT2D eigenvalue weighted by Crippen LogP contribution is -2.13. The summed E-state index contributed by atoms with van der Waals surface area (Å²) in [4.78, 5) is 27.7. The quantitative estimate of drug-likeness (QED) is 0.294. The van der Waals surface area contributed by atoms with E-state index in [9.17, 15) is 9.59 Å². The SMILES string of the molecule is CCCCC(=O)O[C@H]1CCc2cc(OC)c(OC)c(OC)c2-c2ccc(Sc3ccccc3)c(=O)cc21. The van der Waals surface area contributed by atoms with E-state index in [1.807, 2.05) is 55.5 Å². The number of fused-ring (bicyclic) bond motifs is 3. The minimum absolute atomic E-state index is 0.132. The molecule has 7 heteroatoms. The number of hydrogen-bond acceptors (Lipinski definition) is 7. The second-order valence-electron chi connectivity index (χ2n) is 8.79. The third-order valence-corrected chi connectivity index (χ3v) is 7.49. The van der Waals surface area contributed by atoms with Gasteiger partial charge in [0.25, 0.3) is 0 Å². The first kappa shape index (κ1) is 26.6. The standard InChI is InChI=1S/C30H32O6S/c1-5-6-12-27(32)36-24-15-13-19-17-25(33-2)29(34-3)30(35-4)28(19)21-14-16-26(23(31)18-22(21)24)37-20-10-8-7-9-11-20/h7-11,14,16-18,24H,5-6,12-13,15H2,1-4H3/t24-/m0/s1. The maximum absolute atomic E-state index is 13.5. The van der Waals surface area contributed by atoms with Gasteiger partial charge in [-0.05, 0) is 60.7 Å². The van der Waals surface area contributed by atoms with Gasteiger partial charge in [-0.2, -0.15) is 0 Å². The van der Waals surface area contributed by atoms with Crippen LogP contribution in [0, 0.1) is 0 Å². The average Bonchev–Trinajstić information content (AvgIpc) is 3.16. The highest BCUT2D eigenvalue weighted by atomic mass is 32.2. The summed E-state index contributed by atoms with van der Waals surface area (Å²) in [6.07, 6.45) is 2.57. The molecule has 0 saturated heterocycles. The smallest absolute Gasteiger partial charge is 0.306 e. The Hall–Kier alpha value is -3.45. The summed E-state index contributed by atoms with van der Waals surface area (Å²) in [7, 11) is 4.74. The summed E-state index contributed by atoms with van der Waals surface area (Å²) in [5, 5.41) is 0. The predicted molar refractivity (Wildman–Crippen MR) is 145 cm³/mol. The largest absolute Gasteiger partial charge is 0.493 e. The number of unbranched alkanes of at least 4 members (excludes halogenated alkanes) is 1. The predicted octanol–water partition coefficient (Wildman–Crippen LogP) is 6.61. The van der Waals surface area contributed by atoms with E-state index in [1.165, 1.54) is 11.8 Å². The van der Waals surface area contributed by atoms with Gasteiger partial charge in [0.1, 0.15) is 6.10 Å². The minimum Gasteiger partial charge on any atom is -0.493 e. The zero-order chi connectivity index (χ0) is 26.4. The van der Waals surface area contributed by atoms with E-state index >= 15 is 0 Å². The van der Waals surface area contributed by atoms with Crippen LogP contribution in [0.2, 0.25) is 0 Å². The summed E-state index contributed by atoms with van der Waals surface area (Å²) in [5.74, 6) is 1.29. The number of benzene rings is 2. The summed E-state index contributed by atoms with van der Waals surface area (Å²) in [5.41, 5.74) is 3.09. The van der Waals surface area contributed by atoms with E-state index in [2.05, 4.69) is 0 Å². The molecule has 0 bridgehead atoms. The molecule has 1 aliphatic rings. The number of esters is 1. The van der Waals surface area contributed by atoms with Crippen molar-refractivity contribution in [3.63, 3.8) is 0 Å². The van der Waals surface area contributed by atoms with E-state index < -0.39 is 6.10 Å². The van der Waals surface area contributed by atoms with E-state index in [0.717, 1.165) is 34.4 Å². The fraction of sp³-hybridized carbons (Fsp3) is 0.333. The van der Waals surface area contributed by atoms with Gasteiger partial charge in [0.15, 0.2) is 16.9 Å². The molecular formula is C30H32O6S. The summed E-state index contributed by atoms with van der Waals surface area (Å²) < 4.78 is 23.1. The first-order valence-electron chi connectivity index (χ1n) is 12.4. The number of methoxy groups -OCH3 is 3. The van der Waals surface area contributed by atoms with Crippen molar-refractivity contribution in [3.05, 3.63) is 75.9 Å². The highest BCUT2D eigenvalue weighted by Crippen LogP contribution is 2.50. The Morgan fingerprint density at radius 1 is 0.973 bits per heavy atom. The molecule has 0 aromatic heterocycles. The topological polar surface area (TPSA) is 71.1 Å². The second-order valence-corrected chi connectivity index (χ2v) is 9.91. The Bertz CT molecular complexity index is 1320. The molecule has 0 heterocycles. The normalized spacial score (nSPS) is 14.1. The van der Waals surface area contributed by atoms with Crippen molar-refractivity contribution in [1.29, 1.82) is 0 Å². The number of rotatable bonds is 9. The van der Waals surface area contributed by atoms with Gasteiger partial charge in [-0.25, -0.2) is 0 Å². The van der Waals surface area contributed by atoms with Crippen LogP contribution in [-0.4, -0.2) is 27.3 Å². The Balaban J connectivity index is 1.92. The lowest BCUT2D eigenvalue weighted by Gasteiger charge is -2.19. The number of aryl methyl sites for hydroxylation is 1. The number of hydrogen-bond donors (Lipinski definition) is 0. The molecule has 1 atom stereocenters. The van der Waals surface area contributed by atoms with Gasteiger partial charge in [0.05, 0.1) is 26.2 Å². The monoisotopic (exact) mass is 520 g/mol. The summed E-state index contributed by atoms with van der Waals surface area (Å²) >= 11 is 1.41. The molecular weight excluding hydrogens is 488 g/mol. The Morgan fingerprint density at radius 2 is 1.73 bits per heavy atom. The Labute approximate surface area is 221 Å². The van der Waals surface area contributed by atoms with Gasteiger partial charge < -0.3 is 18.9 Å². The molecule has 4 rings (SSSR count). The fourth-order valence-corrected chi connectivity index (χ4v) is 5.47. The molecule has 1 aliphatic carbocycles. The van der Waals surface area contributed by atoms with Gasteiger partial charge in [0, 0.05) is 22.4 Å². The van der Waals surface area contributed by atoms with Crippen molar-refractivity contribution >= 4 is 17.7 Å². The van der Waals surface area contributed by atoms with Crippen LogP contribution in [0.3, 0.4) is 0 Å². The molecule has 3 aromatic rings. The van der Waals surface area contributed by atoms with E-state index in [-0.39, 0.29) is 11.4 Å². The number of carbonyl (C=O) groups excluding carboxylic acids is 1. The van der Waals surface area contributed by atoms with Crippen LogP contribution in [0.25, 0.3) is 11.1 Å². The van der Waals surface area contributed by atoms with Crippen LogP contribution in [0.15, 0.2) is 69.2 Å². The first-order chi connectivity index (χ1) is 18.0. The van der Waals surface area contributed by atoms with Crippen molar-refractivity contribution in [2.45, 2.75) is 54.9 Å². The zero-order valence-electron chi connectivity index (χ0n) is 21.7. The van der Waals surface area contributed by atoms with Crippen molar-refractivity contribution in [1.82, 2.24) is 0 Å². The van der Waals surface area contributed by atoms with E-state index in [1.54, 1.807) is 27.4 Å². The minimum atomic E-state index is -0.567. The molecule has 194 valence electrons. The average molecular weight is 521 g/mol. The molecule has 0 aliphatic heterocycles. The Morgan fingerprint density at radius 3 is 2.41 bits per heavy atom. The van der Waals surface area contributed by atoms with Crippen LogP contribution < -0.4 is 19.6 Å². The van der Waals surface area contributed by atoms with Gasteiger partial charge in [-0.3, -0.25) is 9.59 Å². The van der Waals surface area contributed by atoms with Gasteiger partial charge >= 0.3 is 5.97 Å². The molecule has 37 heavy (non-hydrogen) atoms. The maximum Gasteiger partial charge on any atom is 0.306 e. The molecule has 0 saturated carbocycles. The van der Waals surface area contributed by atoms with Crippen molar-refractivity contribution in [2.24, 2.45) is 0 Å². The summed E-state index contributed by atoms with van der Waals surface area (Å²) in [6.45, 7) is 2.04. The molecule has 0 spiro atoms. The van der Waals surface area contributed by atoms with E-state index in [0.29, 0.717) is 47.0 Å². The molecule has 0 unspecified atom stereocenters. The lowest BCUT2D eigenvalue weighted by atomic mass is 9.96. The van der Waals surface area contributed by atoms with Crippen molar-refractivity contribution in [3.8, 4) is 28.4 Å². The van der Waals surface area contributed by atoms with Gasteiger partial charge in [-0.15, -0.1) is 0 Å². The molecule has 0 amide bonds. The van der Waals surface area contributed by atoms with Crippen LogP contribution >= 0.6 is 11.8 Å². The van der Waals surface area contributed by atoms with Crippen molar-refractivity contribution < 1.29 is 23.7 Å². The third-order valence-electron chi connectivity index (χ3n) is 6.42. The van der Waals surface area contributed by atoms with Gasteiger partial charge in [-0.1, -0.05) is 49.4 Å². The summed E-state index contributed by atoms with van der Waals surface area (Å²) in [6, 6.07) is 17.1. The second kappa shape index (κ2) is 12.2. The van der Waals surface area contributed by atoms with Crippen LogP contribution in [-0.2, 0) is 16.0 Å². The number of carbonyl (C=O) groups is 1. The molecule has 0 radical (unpaired) electrons. The molecule has 0 fully saturated rings. The molecule has 6 nitrogen and oxygen atoms in total. The van der Waals surface area contributed by atoms with Crippen LogP contribution in [0.4, 0.5) is 0 Å².